The smallest absolute Gasteiger partial charge is 0.261 e. The van der Waals surface area contributed by atoms with E-state index in [0.717, 1.165) is 11.0 Å². The maximum atomic E-state index is 12.4. The second-order valence-corrected chi connectivity index (χ2v) is 5.47. The minimum Gasteiger partial charge on any atom is -0.397 e. The van der Waals surface area contributed by atoms with Gasteiger partial charge in [-0.2, -0.15) is 0 Å². The number of para-hydroxylation sites is 2. The molecule has 0 fully saturated rings. The van der Waals surface area contributed by atoms with Crippen LogP contribution in [-0.2, 0) is 0 Å². The minimum atomic E-state index is -0.286. The molecule has 4 N–H and O–H groups in total. The number of fused-ring (bicyclic) bond motifs is 2. The molecule has 0 aliphatic rings. The standard InChI is InChI=1S/C16H11ClN4O/c17-8-5-6-10-9(7-8)14(18)13(16(22)21-10)15-19-11-3-1-2-4-12(11)20-15/h1-7H,(H,19,20)(H3,18,21,22). The Morgan fingerprint density at radius 1 is 1.05 bits per heavy atom. The number of hydrogen-bond donors (Lipinski definition) is 3. The van der Waals surface area contributed by atoms with Crippen LogP contribution >= 0.6 is 11.6 Å². The zero-order valence-electron chi connectivity index (χ0n) is 11.4. The summed E-state index contributed by atoms with van der Waals surface area (Å²) < 4.78 is 0. The van der Waals surface area contributed by atoms with Gasteiger partial charge < -0.3 is 15.7 Å². The topological polar surface area (TPSA) is 87.6 Å². The third-order valence-corrected chi connectivity index (χ3v) is 3.88. The summed E-state index contributed by atoms with van der Waals surface area (Å²) in [5, 5.41) is 1.25. The van der Waals surface area contributed by atoms with Gasteiger partial charge in [0.1, 0.15) is 11.4 Å². The maximum absolute atomic E-state index is 12.4. The number of pyridine rings is 1. The number of benzene rings is 2. The van der Waals surface area contributed by atoms with Gasteiger partial charge in [0.15, 0.2) is 0 Å². The minimum absolute atomic E-state index is 0.286. The first kappa shape index (κ1) is 12.9. The van der Waals surface area contributed by atoms with E-state index < -0.39 is 0 Å². The molecule has 2 aromatic carbocycles. The van der Waals surface area contributed by atoms with E-state index in [-0.39, 0.29) is 5.56 Å². The van der Waals surface area contributed by atoms with Crippen LogP contribution in [0, 0.1) is 0 Å². The third-order valence-electron chi connectivity index (χ3n) is 3.64. The summed E-state index contributed by atoms with van der Waals surface area (Å²) in [4.78, 5) is 22.8. The summed E-state index contributed by atoms with van der Waals surface area (Å²) in [6, 6.07) is 12.7. The van der Waals surface area contributed by atoms with Gasteiger partial charge in [-0.15, -0.1) is 0 Å². The fourth-order valence-corrected chi connectivity index (χ4v) is 2.77. The van der Waals surface area contributed by atoms with Crippen molar-refractivity contribution in [2.24, 2.45) is 0 Å². The van der Waals surface area contributed by atoms with Crippen LogP contribution in [0.25, 0.3) is 33.3 Å². The summed E-state index contributed by atoms with van der Waals surface area (Å²) in [6.07, 6.45) is 0. The third kappa shape index (κ3) is 1.87. The molecule has 0 bridgehead atoms. The number of nitrogen functional groups attached to an aromatic ring is 1. The number of nitrogens with zero attached hydrogens (tertiary/aromatic N) is 1. The molecule has 0 amide bonds. The summed E-state index contributed by atoms with van der Waals surface area (Å²) in [5.41, 5.74) is 8.88. The normalized spacial score (nSPS) is 11.3. The number of anilines is 1. The molecule has 6 heteroatoms. The number of imidazole rings is 1. The van der Waals surface area contributed by atoms with E-state index in [1.54, 1.807) is 18.2 Å². The van der Waals surface area contributed by atoms with Crippen LogP contribution in [0.3, 0.4) is 0 Å². The molecule has 5 nitrogen and oxygen atoms in total. The number of halogens is 1. The molecule has 0 radical (unpaired) electrons. The molecular weight excluding hydrogens is 300 g/mol. The molecule has 22 heavy (non-hydrogen) atoms. The zero-order chi connectivity index (χ0) is 15.3. The van der Waals surface area contributed by atoms with Crippen LogP contribution < -0.4 is 11.3 Å². The van der Waals surface area contributed by atoms with Crippen molar-refractivity contribution in [1.29, 1.82) is 0 Å². The number of aromatic nitrogens is 3. The molecule has 4 aromatic rings. The SMILES string of the molecule is Nc1c(-c2nc3ccccc3[nH]2)c(=O)[nH]c2ccc(Cl)cc12. The summed E-state index contributed by atoms with van der Waals surface area (Å²) in [6.45, 7) is 0. The quantitative estimate of drug-likeness (QED) is 0.504. The highest BCUT2D eigenvalue weighted by molar-refractivity contribution is 6.31. The monoisotopic (exact) mass is 310 g/mol. The number of rotatable bonds is 1. The van der Waals surface area contributed by atoms with Crippen LogP contribution in [0.4, 0.5) is 5.69 Å². The number of nitrogens with one attached hydrogen (secondary N) is 2. The van der Waals surface area contributed by atoms with Gasteiger partial charge in [-0.25, -0.2) is 4.98 Å². The Morgan fingerprint density at radius 2 is 1.86 bits per heavy atom. The molecule has 0 aliphatic heterocycles. The van der Waals surface area contributed by atoms with Crippen LogP contribution in [0.2, 0.25) is 5.02 Å². The zero-order valence-corrected chi connectivity index (χ0v) is 12.1. The highest BCUT2D eigenvalue weighted by Crippen LogP contribution is 2.29. The molecule has 2 heterocycles. The average molecular weight is 311 g/mol. The lowest BCUT2D eigenvalue weighted by atomic mass is 10.1. The van der Waals surface area contributed by atoms with Gasteiger partial charge in [-0.3, -0.25) is 4.79 Å². The van der Waals surface area contributed by atoms with E-state index in [1.807, 2.05) is 24.3 Å². The van der Waals surface area contributed by atoms with Crippen LogP contribution in [0.5, 0.6) is 0 Å². The van der Waals surface area contributed by atoms with Gasteiger partial charge in [-0.05, 0) is 30.3 Å². The average Bonchev–Trinajstić information content (AvgIpc) is 2.91. The van der Waals surface area contributed by atoms with Crippen LogP contribution in [-0.4, -0.2) is 15.0 Å². The lowest BCUT2D eigenvalue weighted by molar-refractivity contribution is 1.25. The van der Waals surface area contributed by atoms with E-state index in [9.17, 15) is 4.79 Å². The Kier molecular flexibility index (Phi) is 2.71. The first-order valence-corrected chi connectivity index (χ1v) is 7.07. The second kappa shape index (κ2) is 4.61. The number of hydrogen-bond acceptors (Lipinski definition) is 3. The predicted octanol–water partition coefficient (Wildman–Crippen LogP) is 3.31. The molecule has 0 unspecified atom stereocenters. The Hall–Kier alpha value is -2.79. The van der Waals surface area contributed by atoms with Crippen molar-refractivity contribution in [2.75, 3.05) is 5.73 Å². The molecule has 0 saturated heterocycles. The van der Waals surface area contributed by atoms with Crippen molar-refractivity contribution < 1.29 is 0 Å². The summed E-state index contributed by atoms with van der Waals surface area (Å²) in [7, 11) is 0. The Bertz CT molecular complexity index is 1050. The van der Waals surface area contributed by atoms with Crippen LogP contribution in [0.15, 0.2) is 47.3 Å². The number of aromatic amines is 2. The molecule has 0 saturated carbocycles. The lowest BCUT2D eigenvalue weighted by Gasteiger charge is -2.07. The van der Waals surface area contributed by atoms with Gasteiger partial charge in [0.2, 0.25) is 0 Å². The highest BCUT2D eigenvalue weighted by Gasteiger charge is 2.15. The Morgan fingerprint density at radius 3 is 2.68 bits per heavy atom. The fraction of sp³-hybridized carbons (Fsp3) is 0. The highest BCUT2D eigenvalue weighted by atomic mass is 35.5. The summed E-state index contributed by atoms with van der Waals surface area (Å²) in [5.74, 6) is 0.446. The predicted molar refractivity (Wildman–Crippen MR) is 89.1 cm³/mol. The molecule has 4 rings (SSSR count). The molecular formula is C16H11ClN4O. The molecule has 2 aromatic heterocycles. The summed E-state index contributed by atoms with van der Waals surface area (Å²) >= 11 is 6.02. The van der Waals surface area contributed by atoms with E-state index in [1.165, 1.54) is 0 Å². The lowest BCUT2D eigenvalue weighted by Crippen LogP contribution is -2.13. The number of nitrogens with two attached hydrogens (primary N) is 1. The van der Waals surface area contributed by atoms with Crippen molar-refractivity contribution in [1.82, 2.24) is 15.0 Å². The van der Waals surface area contributed by atoms with E-state index in [2.05, 4.69) is 15.0 Å². The molecule has 0 atom stereocenters. The Balaban J connectivity index is 2.07. The van der Waals surface area contributed by atoms with Crippen molar-refractivity contribution in [3.05, 3.63) is 57.8 Å². The van der Waals surface area contributed by atoms with Crippen LogP contribution in [0.1, 0.15) is 0 Å². The molecule has 108 valence electrons. The van der Waals surface area contributed by atoms with E-state index in [4.69, 9.17) is 17.3 Å². The van der Waals surface area contributed by atoms with Gasteiger partial charge in [-0.1, -0.05) is 23.7 Å². The number of H-pyrrole nitrogens is 2. The maximum Gasteiger partial charge on any atom is 0.261 e. The first-order chi connectivity index (χ1) is 10.6. The van der Waals surface area contributed by atoms with Crippen molar-refractivity contribution in [3.63, 3.8) is 0 Å². The van der Waals surface area contributed by atoms with E-state index >= 15 is 0 Å². The van der Waals surface area contributed by atoms with Gasteiger partial charge >= 0.3 is 0 Å². The van der Waals surface area contributed by atoms with Crippen molar-refractivity contribution in [3.8, 4) is 11.4 Å². The van der Waals surface area contributed by atoms with E-state index in [0.29, 0.717) is 33.0 Å². The second-order valence-electron chi connectivity index (χ2n) is 5.04. The molecule has 0 spiro atoms. The largest absolute Gasteiger partial charge is 0.397 e. The first-order valence-electron chi connectivity index (χ1n) is 6.69. The van der Waals surface area contributed by atoms with Crippen molar-refractivity contribution >= 4 is 39.2 Å². The van der Waals surface area contributed by atoms with Gasteiger partial charge in [0, 0.05) is 10.4 Å². The Labute approximate surface area is 129 Å². The van der Waals surface area contributed by atoms with Gasteiger partial charge in [0.25, 0.3) is 5.56 Å². The van der Waals surface area contributed by atoms with Gasteiger partial charge in [0.05, 0.1) is 22.2 Å². The molecule has 0 aliphatic carbocycles. The fourth-order valence-electron chi connectivity index (χ4n) is 2.60. The van der Waals surface area contributed by atoms with Crippen molar-refractivity contribution in [2.45, 2.75) is 0 Å².